The number of halogens is 3. The van der Waals surface area contributed by atoms with Crippen molar-refractivity contribution in [3.63, 3.8) is 0 Å². The highest BCUT2D eigenvalue weighted by Crippen LogP contribution is 2.24. The van der Waals surface area contributed by atoms with Gasteiger partial charge in [-0.2, -0.15) is 13.2 Å². The third-order valence-corrected chi connectivity index (χ3v) is 4.20. The van der Waals surface area contributed by atoms with Crippen LogP contribution in [0.15, 0.2) is 28.9 Å². The van der Waals surface area contributed by atoms with Crippen LogP contribution < -0.4 is 5.32 Å². The summed E-state index contributed by atoms with van der Waals surface area (Å²) < 4.78 is 42.7. The van der Waals surface area contributed by atoms with Crippen molar-refractivity contribution in [3.05, 3.63) is 30.4 Å². The maximum Gasteiger partial charge on any atom is 0.471 e. The molecular weight excluding hydrogens is 367 g/mol. The highest BCUT2D eigenvalue weighted by Gasteiger charge is 2.43. The minimum Gasteiger partial charge on any atom is -0.419 e. The molecule has 0 atom stereocenters. The molecule has 0 aromatic carbocycles. The number of hydrogen-bond donors (Lipinski definition) is 1. The summed E-state index contributed by atoms with van der Waals surface area (Å²) in [7, 11) is 0. The molecule has 2 aromatic rings. The Balaban J connectivity index is 1.48. The van der Waals surface area contributed by atoms with Crippen molar-refractivity contribution < 1.29 is 27.2 Å². The van der Waals surface area contributed by atoms with Gasteiger partial charge in [-0.3, -0.25) is 14.6 Å². The summed E-state index contributed by atoms with van der Waals surface area (Å²) in [5.41, 5.74) is 0.691. The zero-order chi connectivity index (χ0) is 19.4. The Morgan fingerprint density at radius 2 is 1.85 bits per heavy atom. The molecular formula is C16H16F3N5O3. The zero-order valence-corrected chi connectivity index (χ0v) is 14.1. The summed E-state index contributed by atoms with van der Waals surface area (Å²) in [6, 6.07) is 3.40. The molecule has 1 N–H and O–H groups in total. The molecule has 27 heavy (non-hydrogen) atoms. The number of likely N-dealkylation sites (tertiary alicyclic amines) is 1. The van der Waals surface area contributed by atoms with Gasteiger partial charge < -0.3 is 14.6 Å². The van der Waals surface area contributed by atoms with Gasteiger partial charge in [-0.1, -0.05) is 0 Å². The van der Waals surface area contributed by atoms with E-state index in [1.165, 1.54) is 0 Å². The lowest BCUT2D eigenvalue weighted by Crippen LogP contribution is -2.47. The van der Waals surface area contributed by atoms with Crippen molar-refractivity contribution in [2.45, 2.75) is 25.6 Å². The SMILES string of the molecule is O=C(NCc1nnc(-c2ccncc2)o1)C1CCN(C(=O)C(F)(F)F)CC1. The van der Waals surface area contributed by atoms with Crippen LogP contribution >= 0.6 is 0 Å². The van der Waals surface area contributed by atoms with Crippen LogP contribution in [-0.2, 0) is 16.1 Å². The minimum atomic E-state index is -4.89. The van der Waals surface area contributed by atoms with Crippen molar-refractivity contribution in [1.29, 1.82) is 0 Å². The molecule has 1 aliphatic heterocycles. The van der Waals surface area contributed by atoms with Gasteiger partial charge in [0.1, 0.15) is 0 Å². The molecule has 3 heterocycles. The van der Waals surface area contributed by atoms with E-state index in [1.54, 1.807) is 24.5 Å². The van der Waals surface area contributed by atoms with Crippen LogP contribution in [-0.4, -0.2) is 51.2 Å². The van der Waals surface area contributed by atoms with Crippen LogP contribution in [0.25, 0.3) is 11.5 Å². The maximum atomic E-state index is 12.4. The lowest BCUT2D eigenvalue weighted by Gasteiger charge is -2.31. The smallest absolute Gasteiger partial charge is 0.419 e. The van der Waals surface area contributed by atoms with Crippen molar-refractivity contribution in [2.24, 2.45) is 5.92 Å². The van der Waals surface area contributed by atoms with Gasteiger partial charge in [-0.15, -0.1) is 10.2 Å². The van der Waals surface area contributed by atoms with Gasteiger partial charge >= 0.3 is 12.1 Å². The third-order valence-electron chi connectivity index (χ3n) is 4.20. The molecule has 0 aliphatic carbocycles. The van der Waals surface area contributed by atoms with E-state index < -0.39 is 18.0 Å². The van der Waals surface area contributed by atoms with Crippen LogP contribution in [0.3, 0.4) is 0 Å². The first-order valence-corrected chi connectivity index (χ1v) is 8.21. The molecule has 3 rings (SSSR count). The topological polar surface area (TPSA) is 101 Å². The summed E-state index contributed by atoms with van der Waals surface area (Å²) in [6.45, 7) is -0.203. The second kappa shape index (κ2) is 7.72. The summed E-state index contributed by atoms with van der Waals surface area (Å²) >= 11 is 0. The van der Waals surface area contributed by atoms with E-state index >= 15 is 0 Å². The van der Waals surface area contributed by atoms with E-state index in [0.717, 1.165) is 4.90 Å². The number of carbonyl (C=O) groups is 2. The summed E-state index contributed by atoms with van der Waals surface area (Å²) in [5, 5.41) is 10.4. The maximum absolute atomic E-state index is 12.4. The Morgan fingerprint density at radius 3 is 2.48 bits per heavy atom. The molecule has 0 unspecified atom stereocenters. The van der Waals surface area contributed by atoms with Crippen LogP contribution in [0.5, 0.6) is 0 Å². The van der Waals surface area contributed by atoms with Gasteiger partial charge in [0.2, 0.25) is 17.7 Å². The number of alkyl halides is 3. The molecule has 2 amide bonds. The number of nitrogens with one attached hydrogen (secondary N) is 1. The molecule has 0 spiro atoms. The molecule has 2 aromatic heterocycles. The molecule has 0 saturated carbocycles. The lowest BCUT2D eigenvalue weighted by molar-refractivity contribution is -0.186. The largest absolute Gasteiger partial charge is 0.471 e. The Labute approximate surface area is 151 Å². The van der Waals surface area contributed by atoms with Crippen molar-refractivity contribution in [2.75, 3.05) is 13.1 Å². The predicted molar refractivity (Wildman–Crippen MR) is 84.7 cm³/mol. The van der Waals surface area contributed by atoms with Gasteiger partial charge in [-0.25, -0.2) is 0 Å². The summed E-state index contributed by atoms with van der Waals surface area (Å²) in [6.07, 6.45) is -1.40. The van der Waals surface area contributed by atoms with E-state index in [1.807, 2.05) is 0 Å². The molecule has 1 aliphatic rings. The molecule has 1 saturated heterocycles. The predicted octanol–water partition coefficient (Wildman–Crippen LogP) is 1.55. The van der Waals surface area contributed by atoms with Gasteiger partial charge in [-0.05, 0) is 25.0 Å². The Bertz CT molecular complexity index is 801. The fraction of sp³-hybridized carbons (Fsp3) is 0.438. The molecule has 0 radical (unpaired) electrons. The summed E-state index contributed by atoms with van der Waals surface area (Å²) in [4.78, 5) is 28.0. The van der Waals surface area contributed by atoms with Crippen molar-refractivity contribution >= 4 is 11.8 Å². The number of carbonyl (C=O) groups excluding carboxylic acids is 2. The fourth-order valence-corrected chi connectivity index (χ4v) is 2.77. The number of amides is 2. The highest BCUT2D eigenvalue weighted by molar-refractivity contribution is 5.83. The van der Waals surface area contributed by atoms with Crippen LogP contribution in [0.2, 0.25) is 0 Å². The van der Waals surface area contributed by atoms with Crippen molar-refractivity contribution in [3.8, 4) is 11.5 Å². The molecule has 8 nitrogen and oxygen atoms in total. The Kier molecular flexibility index (Phi) is 5.38. The number of rotatable bonds is 4. The fourth-order valence-electron chi connectivity index (χ4n) is 2.77. The lowest BCUT2D eigenvalue weighted by atomic mass is 9.96. The highest BCUT2D eigenvalue weighted by atomic mass is 19.4. The Hall–Kier alpha value is -2.98. The number of aromatic nitrogens is 3. The van der Waals surface area contributed by atoms with E-state index in [-0.39, 0.29) is 44.3 Å². The van der Waals surface area contributed by atoms with Crippen LogP contribution in [0.1, 0.15) is 18.7 Å². The first kappa shape index (κ1) is 18.8. The second-order valence-electron chi connectivity index (χ2n) is 6.02. The normalized spacial score (nSPS) is 15.6. The first-order valence-electron chi connectivity index (χ1n) is 8.21. The number of nitrogens with zero attached hydrogens (tertiary/aromatic N) is 4. The van der Waals surface area contributed by atoms with Crippen molar-refractivity contribution in [1.82, 2.24) is 25.4 Å². The molecule has 1 fully saturated rings. The average Bonchev–Trinajstić information content (AvgIpc) is 3.15. The molecule has 144 valence electrons. The first-order chi connectivity index (χ1) is 12.8. The number of piperidine rings is 1. The third kappa shape index (κ3) is 4.60. The van der Waals surface area contributed by atoms with E-state index in [9.17, 15) is 22.8 Å². The van der Waals surface area contributed by atoms with Gasteiger partial charge in [0.05, 0.1) is 6.54 Å². The summed E-state index contributed by atoms with van der Waals surface area (Å²) in [5.74, 6) is -2.15. The average molecular weight is 383 g/mol. The monoisotopic (exact) mass is 383 g/mol. The second-order valence-corrected chi connectivity index (χ2v) is 6.02. The Morgan fingerprint density at radius 1 is 1.19 bits per heavy atom. The van der Waals surface area contributed by atoms with Gasteiger partial charge in [0.25, 0.3) is 0 Å². The van der Waals surface area contributed by atoms with Crippen LogP contribution in [0, 0.1) is 5.92 Å². The number of hydrogen-bond acceptors (Lipinski definition) is 6. The van der Waals surface area contributed by atoms with Crippen LogP contribution in [0.4, 0.5) is 13.2 Å². The quantitative estimate of drug-likeness (QED) is 0.860. The van der Waals surface area contributed by atoms with E-state index in [0.29, 0.717) is 11.5 Å². The minimum absolute atomic E-state index is 0.0125. The molecule has 11 heteroatoms. The van der Waals surface area contributed by atoms with E-state index in [4.69, 9.17) is 4.42 Å². The standard InChI is InChI=1S/C16H16F3N5O3/c17-16(18,19)15(26)24-7-3-10(4-8-24)13(25)21-9-12-22-23-14(27-12)11-1-5-20-6-2-11/h1-2,5-6,10H,3-4,7-9H2,(H,21,25). The van der Waals surface area contributed by atoms with E-state index in [2.05, 4.69) is 20.5 Å². The van der Waals surface area contributed by atoms with Gasteiger partial charge in [0.15, 0.2) is 0 Å². The number of pyridine rings is 1. The van der Waals surface area contributed by atoms with Gasteiger partial charge in [0, 0.05) is 37.0 Å². The molecule has 0 bridgehead atoms. The zero-order valence-electron chi connectivity index (χ0n) is 14.1.